The maximum Gasteiger partial charge on any atom is 0.460 e. The number of hydrogen-bond donors (Lipinski definition) is 2. The third-order valence-electron chi connectivity index (χ3n) is 7.47. The highest BCUT2D eigenvalue weighted by atomic mass is 19.4. The zero-order valence-corrected chi connectivity index (χ0v) is 28.8. The van der Waals surface area contributed by atoms with Crippen LogP contribution in [0.25, 0.3) is 0 Å². The van der Waals surface area contributed by atoms with Gasteiger partial charge in [0.25, 0.3) is 11.4 Å². The van der Waals surface area contributed by atoms with E-state index in [1.165, 1.54) is 0 Å². The van der Waals surface area contributed by atoms with Crippen molar-refractivity contribution in [2.75, 3.05) is 10.6 Å². The molecule has 2 amide bonds. The van der Waals surface area contributed by atoms with Crippen LogP contribution in [0.3, 0.4) is 0 Å². The lowest BCUT2D eigenvalue weighted by Crippen LogP contribution is -2.72. The third-order valence-corrected chi connectivity index (χ3v) is 7.47. The van der Waals surface area contributed by atoms with Gasteiger partial charge in [-0.1, -0.05) is 0 Å². The molecule has 0 unspecified atom stereocenters. The van der Waals surface area contributed by atoms with Crippen molar-refractivity contribution >= 4 is 34.9 Å². The molecule has 0 aliphatic rings. The predicted molar refractivity (Wildman–Crippen MR) is 166 cm³/mol. The molecular formula is C31H17F17N4O9. The first-order valence-corrected chi connectivity index (χ1v) is 15.3. The Balaban J connectivity index is 1.99. The molecule has 0 saturated heterocycles. The Labute approximate surface area is 324 Å². The largest absolute Gasteiger partial charge is 0.460 e. The summed E-state index contributed by atoms with van der Waals surface area (Å²) in [5, 5.41) is 25.0. The minimum atomic E-state index is -8.83. The van der Waals surface area contributed by atoms with Gasteiger partial charge in [0.05, 0.1) is 15.5 Å². The molecule has 0 bridgehead atoms. The number of carbonyl (C=O) groups excluding carboxylic acids is 2. The van der Waals surface area contributed by atoms with Gasteiger partial charge in [0.2, 0.25) is 5.83 Å². The van der Waals surface area contributed by atoms with E-state index in [0.717, 1.165) is 48.5 Å². The summed E-state index contributed by atoms with van der Waals surface area (Å²) in [6.45, 7) is -1.40. The van der Waals surface area contributed by atoms with Crippen molar-refractivity contribution in [1.82, 2.24) is 0 Å². The van der Waals surface area contributed by atoms with E-state index in [1.807, 2.05) is 5.32 Å². The number of nitrogens with zero attached hydrogens (tertiary/aromatic N) is 2. The van der Waals surface area contributed by atoms with Gasteiger partial charge in [0.1, 0.15) is 13.2 Å². The minimum absolute atomic E-state index is 0.0329. The van der Waals surface area contributed by atoms with E-state index < -0.39 is 112 Å². The molecule has 3 aromatic carbocycles. The van der Waals surface area contributed by atoms with Gasteiger partial charge >= 0.3 is 59.9 Å². The maximum absolute atomic E-state index is 14.8. The van der Waals surface area contributed by atoms with E-state index in [9.17, 15) is 104 Å². The average molecular weight is 912 g/mol. The molecule has 2 N–H and O–H groups in total. The number of anilines is 2. The smallest absolute Gasteiger partial charge is 0.444 e. The lowest BCUT2D eigenvalue weighted by atomic mass is 9.91. The fourth-order valence-corrected chi connectivity index (χ4v) is 4.18. The number of rotatable bonds is 16. The number of allylic oxidation sites excluding steroid dienone is 1. The van der Waals surface area contributed by atoms with E-state index in [2.05, 4.69) is 4.74 Å². The number of alkyl halides is 15. The highest BCUT2D eigenvalue weighted by Crippen LogP contribution is 2.63. The van der Waals surface area contributed by atoms with Gasteiger partial charge in [-0.2, -0.15) is 74.6 Å². The lowest BCUT2D eigenvalue weighted by molar-refractivity contribution is -0.451. The fraction of sp³-hybridized carbons (Fsp3) is 0.290. The van der Waals surface area contributed by atoms with Crippen LogP contribution in [0, 0.1) is 20.2 Å². The van der Waals surface area contributed by atoms with Crippen molar-refractivity contribution in [1.29, 1.82) is 0 Å². The molecule has 0 aromatic heterocycles. The second-order valence-electron chi connectivity index (χ2n) is 11.6. The van der Waals surface area contributed by atoms with Crippen molar-refractivity contribution in [3.63, 3.8) is 0 Å². The Hall–Kier alpha value is -6.65. The first-order valence-electron chi connectivity index (χ1n) is 15.3. The van der Waals surface area contributed by atoms with E-state index in [4.69, 9.17) is 9.47 Å². The summed E-state index contributed by atoms with van der Waals surface area (Å²) in [5.41, 5.74) is -2.59. The van der Waals surface area contributed by atoms with Crippen LogP contribution in [0.1, 0.15) is 11.1 Å². The van der Waals surface area contributed by atoms with Crippen LogP contribution in [-0.2, 0) is 22.7 Å². The van der Waals surface area contributed by atoms with Gasteiger partial charge in [0, 0.05) is 36.0 Å². The number of nitrogens with one attached hydrogen (secondary N) is 2. The Morgan fingerprint density at radius 2 is 0.951 bits per heavy atom. The SMILES string of the molecule is O=C(Nc1ccc(NC(=O)OCc2ccc([N+](=O)[O-])cc2)c(OC(F)=C(F)C(F)(F)C(F)(F)C(F)(F)C(F)(F)C(F)(F)C(F)(F)C(F)(F)F)c1)OCc1ccc([N+](=O)[O-])cc1. The molecule has 3 aromatic rings. The van der Waals surface area contributed by atoms with Crippen molar-refractivity contribution in [3.05, 3.63) is 110 Å². The number of ether oxygens (including phenoxy) is 3. The van der Waals surface area contributed by atoms with Crippen molar-refractivity contribution in [2.45, 2.75) is 54.9 Å². The number of nitro groups is 2. The second-order valence-corrected chi connectivity index (χ2v) is 11.6. The summed E-state index contributed by atoms with van der Waals surface area (Å²) in [4.78, 5) is 44.7. The van der Waals surface area contributed by atoms with Crippen LogP contribution in [0.5, 0.6) is 5.75 Å². The van der Waals surface area contributed by atoms with Gasteiger partial charge in [-0.3, -0.25) is 30.9 Å². The topological polar surface area (TPSA) is 172 Å². The number of amides is 2. The van der Waals surface area contributed by atoms with Crippen molar-refractivity contribution in [2.24, 2.45) is 0 Å². The molecule has 3 rings (SSSR count). The molecule has 30 heteroatoms. The molecule has 0 saturated carbocycles. The van der Waals surface area contributed by atoms with E-state index in [1.54, 1.807) is 5.32 Å². The zero-order valence-electron chi connectivity index (χ0n) is 28.8. The third kappa shape index (κ3) is 9.71. The van der Waals surface area contributed by atoms with Crippen LogP contribution in [0.4, 0.5) is 107 Å². The van der Waals surface area contributed by atoms with Crippen molar-refractivity contribution in [3.8, 4) is 5.75 Å². The number of nitro benzene ring substituents is 2. The summed E-state index contributed by atoms with van der Waals surface area (Å²) in [5.74, 6) is -57.5. The monoisotopic (exact) mass is 912 g/mol. The molecule has 0 aliphatic heterocycles. The summed E-state index contributed by atoms with van der Waals surface area (Å²) in [6.07, 6.45) is -11.1. The number of halogens is 17. The van der Waals surface area contributed by atoms with Crippen LogP contribution in [-0.4, -0.2) is 63.7 Å². The summed E-state index contributed by atoms with van der Waals surface area (Å²) < 4.78 is 247. The van der Waals surface area contributed by atoms with Crippen molar-refractivity contribution < 1.29 is 108 Å². The Morgan fingerprint density at radius 3 is 1.36 bits per heavy atom. The standard InChI is InChI=1S/C31H17F17N4O9/c32-21(25(34,35)26(36,37)27(38,39)28(40,41)29(42,43)30(44,45)31(46,47)48)22(33)61-20-11-16(49-23(53)59-12-14-1-6-17(7-2-14)51(55)56)5-10-19(20)50-24(54)60-13-15-3-8-18(9-4-15)52(57)58/h1-11H,12-13H2,(H,49,53)(H,50,54). The number of carbonyl (C=O) groups is 2. The molecule has 0 aliphatic carbocycles. The Kier molecular flexibility index (Phi) is 13.7. The van der Waals surface area contributed by atoms with E-state index in [0.29, 0.717) is 12.1 Å². The summed E-state index contributed by atoms with van der Waals surface area (Å²) in [6, 6.07) is 5.63. The number of hydrogen-bond acceptors (Lipinski definition) is 9. The van der Waals surface area contributed by atoms with Crippen LogP contribution in [0.2, 0.25) is 0 Å². The molecule has 334 valence electrons. The van der Waals surface area contributed by atoms with Crippen LogP contribution in [0.15, 0.2) is 78.6 Å². The van der Waals surface area contributed by atoms with Gasteiger partial charge in [0.15, 0.2) is 5.75 Å². The molecule has 61 heavy (non-hydrogen) atoms. The molecule has 0 heterocycles. The van der Waals surface area contributed by atoms with E-state index >= 15 is 0 Å². The minimum Gasteiger partial charge on any atom is -0.444 e. The Bertz CT molecular complexity index is 2170. The maximum atomic E-state index is 14.8. The molecule has 0 radical (unpaired) electrons. The lowest BCUT2D eigenvalue weighted by Gasteiger charge is -2.41. The first kappa shape index (κ1) is 48.7. The fourth-order valence-electron chi connectivity index (χ4n) is 4.18. The molecule has 0 fully saturated rings. The number of non-ortho nitro benzene ring substituents is 2. The summed E-state index contributed by atoms with van der Waals surface area (Å²) in [7, 11) is 0. The molecule has 0 atom stereocenters. The highest BCUT2D eigenvalue weighted by Gasteiger charge is 2.94. The van der Waals surface area contributed by atoms with Gasteiger partial charge in [-0.15, -0.1) is 0 Å². The average Bonchev–Trinajstić information content (AvgIpc) is 3.16. The van der Waals surface area contributed by atoms with Gasteiger partial charge < -0.3 is 14.2 Å². The quantitative estimate of drug-likeness (QED) is 0.0614. The highest BCUT2D eigenvalue weighted by molar-refractivity contribution is 5.89. The molecule has 0 spiro atoms. The van der Waals surface area contributed by atoms with Crippen LogP contribution < -0.4 is 15.4 Å². The zero-order chi connectivity index (χ0) is 46.7. The molecular weight excluding hydrogens is 895 g/mol. The van der Waals surface area contributed by atoms with E-state index in [-0.39, 0.29) is 22.9 Å². The Morgan fingerprint density at radius 1 is 0.557 bits per heavy atom. The number of benzene rings is 3. The second kappa shape index (κ2) is 17.1. The van der Waals surface area contributed by atoms with Crippen LogP contribution >= 0.6 is 0 Å². The normalized spacial score (nSPS) is 13.5. The van der Waals surface area contributed by atoms with Gasteiger partial charge in [-0.05, 0) is 47.5 Å². The summed E-state index contributed by atoms with van der Waals surface area (Å²) >= 11 is 0. The first-order chi connectivity index (χ1) is 27.7. The molecule has 13 nitrogen and oxygen atoms in total. The predicted octanol–water partition coefficient (Wildman–Crippen LogP) is 10.9. The van der Waals surface area contributed by atoms with Gasteiger partial charge in [-0.25, -0.2) is 9.59 Å².